The summed E-state index contributed by atoms with van der Waals surface area (Å²) in [5, 5.41) is 2.51. The van der Waals surface area contributed by atoms with Crippen LogP contribution in [0.2, 0.25) is 0 Å². The van der Waals surface area contributed by atoms with Gasteiger partial charge in [-0.15, -0.1) is 0 Å². The van der Waals surface area contributed by atoms with Crippen LogP contribution in [0.1, 0.15) is 6.42 Å². The van der Waals surface area contributed by atoms with Gasteiger partial charge >= 0.3 is 0 Å². The minimum Gasteiger partial charge on any atom is -0.379 e. The fourth-order valence-electron chi connectivity index (χ4n) is 1.79. The molecule has 1 N–H and O–H groups in total. The van der Waals surface area contributed by atoms with Crippen molar-refractivity contribution in [1.82, 2.24) is 0 Å². The van der Waals surface area contributed by atoms with E-state index in [1.54, 1.807) is 0 Å². The standard InChI is InChI=1S/C10H10F3NO2S/c11-6-3-8(12)10(13)9(4-6)14-7-1-2-17(15,16)5-7/h3-4,7,14H,1-2,5H2. The van der Waals surface area contributed by atoms with Crippen molar-refractivity contribution in [2.75, 3.05) is 16.8 Å². The monoisotopic (exact) mass is 265 g/mol. The fraction of sp³-hybridized carbons (Fsp3) is 0.400. The average molecular weight is 265 g/mol. The van der Waals surface area contributed by atoms with Gasteiger partial charge in [0.1, 0.15) is 5.82 Å². The predicted molar refractivity (Wildman–Crippen MR) is 57.0 cm³/mol. The Morgan fingerprint density at radius 3 is 2.53 bits per heavy atom. The number of benzene rings is 1. The molecule has 7 heteroatoms. The molecule has 17 heavy (non-hydrogen) atoms. The van der Waals surface area contributed by atoms with Gasteiger partial charge in [0.25, 0.3) is 0 Å². The smallest absolute Gasteiger partial charge is 0.182 e. The van der Waals surface area contributed by atoms with E-state index < -0.39 is 33.3 Å². The molecule has 1 atom stereocenters. The number of sulfone groups is 1. The normalized spacial score (nSPS) is 22.6. The molecule has 1 fully saturated rings. The topological polar surface area (TPSA) is 46.2 Å². The molecule has 0 radical (unpaired) electrons. The second kappa shape index (κ2) is 4.21. The lowest BCUT2D eigenvalue weighted by Crippen LogP contribution is -2.21. The van der Waals surface area contributed by atoms with Gasteiger partial charge in [0.2, 0.25) is 0 Å². The molecule has 1 heterocycles. The van der Waals surface area contributed by atoms with Crippen LogP contribution in [0.5, 0.6) is 0 Å². The van der Waals surface area contributed by atoms with E-state index in [1.165, 1.54) is 0 Å². The SMILES string of the molecule is O=S1(=O)CCC(Nc2cc(F)cc(F)c2F)C1. The largest absolute Gasteiger partial charge is 0.379 e. The predicted octanol–water partition coefficient (Wildman–Crippen LogP) is 1.70. The van der Waals surface area contributed by atoms with Gasteiger partial charge in [-0.1, -0.05) is 0 Å². The minimum atomic E-state index is -3.12. The fourth-order valence-corrected chi connectivity index (χ4v) is 3.46. The van der Waals surface area contributed by atoms with Crippen molar-refractivity contribution in [3.63, 3.8) is 0 Å². The lowest BCUT2D eigenvalue weighted by molar-refractivity contribution is 0.496. The van der Waals surface area contributed by atoms with Gasteiger partial charge in [-0.2, -0.15) is 0 Å². The molecule has 2 rings (SSSR count). The summed E-state index contributed by atoms with van der Waals surface area (Å²) < 4.78 is 61.4. The van der Waals surface area contributed by atoms with E-state index in [0.717, 1.165) is 6.07 Å². The van der Waals surface area contributed by atoms with Crippen LogP contribution in [0.4, 0.5) is 18.9 Å². The molecule has 0 saturated carbocycles. The summed E-state index contributed by atoms with van der Waals surface area (Å²) in [7, 11) is -3.12. The summed E-state index contributed by atoms with van der Waals surface area (Å²) >= 11 is 0. The van der Waals surface area contributed by atoms with Gasteiger partial charge in [-0.05, 0) is 6.42 Å². The highest BCUT2D eigenvalue weighted by molar-refractivity contribution is 7.91. The number of rotatable bonds is 2. The molecule has 3 nitrogen and oxygen atoms in total. The van der Waals surface area contributed by atoms with Crippen LogP contribution < -0.4 is 5.32 Å². The summed E-state index contributed by atoms with van der Waals surface area (Å²) in [5.41, 5.74) is -0.343. The molecule has 1 unspecified atom stereocenters. The Morgan fingerprint density at radius 2 is 1.94 bits per heavy atom. The molecule has 1 aromatic carbocycles. The Hall–Kier alpha value is -1.24. The van der Waals surface area contributed by atoms with Gasteiger partial charge in [-0.3, -0.25) is 0 Å². The van der Waals surface area contributed by atoms with E-state index >= 15 is 0 Å². The third-order valence-electron chi connectivity index (χ3n) is 2.59. The Balaban J connectivity index is 2.20. The highest BCUT2D eigenvalue weighted by Gasteiger charge is 2.28. The number of halogens is 3. The van der Waals surface area contributed by atoms with Crippen LogP contribution in [0.25, 0.3) is 0 Å². The van der Waals surface area contributed by atoms with Crippen LogP contribution in [0.3, 0.4) is 0 Å². The van der Waals surface area contributed by atoms with Crippen molar-refractivity contribution in [2.24, 2.45) is 0 Å². The van der Waals surface area contributed by atoms with E-state index in [-0.39, 0.29) is 17.2 Å². The number of hydrogen-bond acceptors (Lipinski definition) is 3. The lowest BCUT2D eigenvalue weighted by Gasteiger charge is -2.13. The van der Waals surface area contributed by atoms with Crippen molar-refractivity contribution in [3.8, 4) is 0 Å². The molecule has 1 saturated heterocycles. The molecular weight excluding hydrogens is 255 g/mol. The van der Waals surface area contributed by atoms with E-state index in [0.29, 0.717) is 12.5 Å². The van der Waals surface area contributed by atoms with Crippen molar-refractivity contribution in [2.45, 2.75) is 12.5 Å². The van der Waals surface area contributed by atoms with Gasteiger partial charge in [0.05, 0.1) is 17.2 Å². The molecule has 0 aliphatic carbocycles. The first-order chi connectivity index (χ1) is 7.87. The molecule has 0 aromatic heterocycles. The molecule has 94 valence electrons. The molecule has 1 aliphatic heterocycles. The van der Waals surface area contributed by atoms with Crippen molar-refractivity contribution in [1.29, 1.82) is 0 Å². The first-order valence-corrected chi connectivity index (χ1v) is 6.81. The second-order valence-electron chi connectivity index (χ2n) is 3.99. The molecule has 0 bridgehead atoms. The number of nitrogens with one attached hydrogen (secondary N) is 1. The van der Waals surface area contributed by atoms with E-state index in [9.17, 15) is 21.6 Å². The van der Waals surface area contributed by atoms with E-state index in [2.05, 4.69) is 5.32 Å². The van der Waals surface area contributed by atoms with Gasteiger partial charge in [0.15, 0.2) is 21.5 Å². The number of hydrogen-bond donors (Lipinski definition) is 1. The van der Waals surface area contributed by atoms with Crippen LogP contribution >= 0.6 is 0 Å². The molecule has 0 spiro atoms. The number of anilines is 1. The summed E-state index contributed by atoms with van der Waals surface area (Å²) in [5.74, 6) is -3.55. The van der Waals surface area contributed by atoms with Crippen LogP contribution in [0, 0.1) is 17.5 Å². The molecule has 0 amide bonds. The Bertz CT molecular complexity index is 545. The van der Waals surface area contributed by atoms with Crippen LogP contribution in [-0.4, -0.2) is 26.0 Å². The summed E-state index contributed by atoms with van der Waals surface area (Å²) in [4.78, 5) is 0. The minimum absolute atomic E-state index is 0.00405. The second-order valence-corrected chi connectivity index (χ2v) is 6.22. The maximum Gasteiger partial charge on any atom is 0.182 e. The zero-order chi connectivity index (χ0) is 12.6. The molecule has 1 aromatic rings. The van der Waals surface area contributed by atoms with Crippen molar-refractivity contribution in [3.05, 3.63) is 29.6 Å². The quantitative estimate of drug-likeness (QED) is 0.828. The Labute approximate surface area is 96.6 Å². The lowest BCUT2D eigenvalue weighted by atomic mass is 10.2. The van der Waals surface area contributed by atoms with Crippen molar-refractivity contribution >= 4 is 15.5 Å². The third-order valence-corrected chi connectivity index (χ3v) is 4.35. The first kappa shape index (κ1) is 12.2. The van der Waals surface area contributed by atoms with Gasteiger partial charge in [-0.25, -0.2) is 21.6 Å². The average Bonchev–Trinajstić information content (AvgIpc) is 2.54. The Kier molecular flexibility index (Phi) is 3.03. The molecule has 1 aliphatic rings. The highest BCUT2D eigenvalue weighted by Crippen LogP contribution is 2.23. The Morgan fingerprint density at radius 1 is 1.24 bits per heavy atom. The van der Waals surface area contributed by atoms with Crippen LogP contribution in [0.15, 0.2) is 12.1 Å². The van der Waals surface area contributed by atoms with E-state index in [1.807, 2.05) is 0 Å². The zero-order valence-electron chi connectivity index (χ0n) is 8.71. The molecular formula is C10H10F3NO2S. The third kappa shape index (κ3) is 2.71. The first-order valence-electron chi connectivity index (χ1n) is 4.99. The maximum atomic E-state index is 13.3. The van der Waals surface area contributed by atoms with Crippen LogP contribution in [-0.2, 0) is 9.84 Å². The van der Waals surface area contributed by atoms with Gasteiger partial charge < -0.3 is 5.32 Å². The zero-order valence-corrected chi connectivity index (χ0v) is 9.53. The van der Waals surface area contributed by atoms with E-state index in [4.69, 9.17) is 0 Å². The van der Waals surface area contributed by atoms with Crippen molar-refractivity contribution < 1.29 is 21.6 Å². The van der Waals surface area contributed by atoms with Gasteiger partial charge in [0, 0.05) is 18.2 Å². The summed E-state index contributed by atoms with van der Waals surface area (Å²) in [6.07, 6.45) is 0.305. The maximum absolute atomic E-state index is 13.3. The summed E-state index contributed by atoms with van der Waals surface area (Å²) in [6, 6.07) is 0.741. The highest BCUT2D eigenvalue weighted by atomic mass is 32.2. The summed E-state index contributed by atoms with van der Waals surface area (Å²) in [6.45, 7) is 0.